The Kier molecular flexibility index (Phi) is 2.25. The molecule has 13 heavy (non-hydrogen) atoms. The fraction of sp³-hybridized carbons (Fsp3) is 0.333. The van der Waals surface area contributed by atoms with Crippen LogP contribution in [0.4, 0.5) is 0 Å². The molecule has 0 radical (unpaired) electrons. The zero-order valence-corrected chi connectivity index (χ0v) is 7.49. The highest BCUT2D eigenvalue weighted by molar-refractivity contribution is 6.62. The molecule has 68 valence electrons. The van der Waals surface area contributed by atoms with Gasteiger partial charge in [0.15, 0.2) is 0 Å². The van der Waals surface area contributed by atoms with Crippen LogP contribution in [0, 0.1) is 6.92 Å². The molecule has 1 fully saturated rings. The second-order valence-electron chi connectivity index (χ2n) is 3.06. The quantitative estimate of drug-likeness (QED) is 0.634. The molecule has 1 N–H and O–H groups in total. The summed E-state index contributed by atoms with van der Waals surface area (Å²) in [4.78, 5) is 0. The summed E-state index contributed by atoms with van der Waals surface area (Å²) in [5.41, 5.74) is 1.74. The highest BCUT2D eigenvalue weighted by atomic mass is 16.6. The van der Waals surface area contributed by atoms with E-state index < -0.39 is 0 Å². The lowest BCUT2D eigenvalue weighted by Crippen LogP contribution is -2.33. The maximum atomic E-state index is 9.45. The number of hydrogen-bond donors (Lipinski definition) is 1. The predicted octanol–water partition coefficient (Wildman–Crippen LogP) is 0.443. The molecule has 1 aromatic carbocycles. The van der Waals surface area contributed by atoms with Gasteiger partial charge < -0.3 is 14.4 Å². The van der Waals surface area contributed by atoms with Crippen molar-refractivity contribution in [1.82, 2.24) is 0 Å². The van der Waals surface area contributed by atoms with Crippen LogP contribution in [0.1, 0.15) is 5.56 Å². The van der Waals surface area contributed by atoms with Gasteiger partial charge in [-0.3, -0.25) is 0 Å². The second-order valence-corrected chi connectivity index (χ2v) is 3.06. The van der Waals surface area contributed by atoms with Crippen LogP contribution in [0.15, 0.2) is 18.2 Å². The second kappa shape index (κ2) is 3.40. The molecule has 0 aliphatic carbocycles. The highest BCUT2D eigenvalue weighted by Crippen LogP contribution is 2.14. The summed E-state index contributed by atoms with van der Waals surface area (Å²) in [6.07, 6.45) is 0. The first kappa shape index (κ1) is 8.60. The van der Waals surface area contributed by atoms with Crippen molar-refractivity contribution >= 4 is 12.6 Å². The van der Waals surface area contributed by atoms with Crippen molar-refractivity contribution in [1.29, 1.82) is 0 Å². The molecule has 0 spiro atoms. The van der Waals surface area contributed by atoms with E-state index in [0.717, 1.165) is 11.0 Å². The third-order valence-corrected chi connectivity index (χ3v) is 2.22. The van der Waals surface area contributed by atoms with Crippen molar-refractivity contribution in [2.24, 2.45) is 0 Å². The summed E-state index contributed by atoms with van der Waals surface area (Å²) in [5, 5.41) is 9.45. The first-order valence-electron chi connectivity index (χ1n) is 4.31. The number of phenols is 1. The monoisotopic (exact) mass is 178 g/mol. The number of rotatable bonds is 1. The van der Waals surface area contributed by atoms with E-state index in [1.54, 1.807) is 12.1 Å². The average molecular weight is 178 g/mol. The Morgan fingerprint density at radius 3 is 2.69 bits per heavy atom. The smallest absolute Gasteiger partial charge is 0.494 e. The number of phenolic OH excluding ortho intramolecular Hbond substituents is 1. The lowest BCUT2D eigenvalue weighted by Gasteiger charge is -2.08. The molecule has 3 nitrogen and oxygen atoms in total. The van der Waals surface area contributed by atoms with Gasteiger partial charge in [-0.1, -0.05) is 12.1 Å². The molecule has 0 unspecified atom stereocenters. The van der Waals surface area contributed by atoms with Crippen LogP contribution in [0.3, 0.4) is 0 Å². The van der Waals surface area contributed by atoms with Crippen LogP contribution >= 0.6 is 0 Å². The molecule has 0 bridgehead atoms. The van der Waals surface area contributed by atoms with Crippen LogP contribution in [0.2, 0.25) is 0 Å². The fourth-order valence-electron chi connectivity index (χ4n) is 1.43. The largest absolute Gasteiger partial charge is 0.508 e. The van der Waals surface area contributed by atoms with E-state index in [-0.39, 0.29) is 12.9 Å². The third kappa shape index (κ3) is 1.55. The predicted molar refractivity (Wildman–Crippen MR) is 50.1 cm³/mol. The molecule has 0 saturated carbocycles. The standard InChI is InChI=1S/C9H11BO3/c1-7-8(3-2-4-9(7)11)10-12-5-6-13-10/h2-4,11H,5-6H2,1H3. The highest BCUT2D eigenvalue weighted by Gasteiger charge is 2.28. The minimum absolute atomic E-state index is 0.289. The summed E-state index contributed by atoms with van der Waals surface area (Å²) in [7, 11) is -0.299. The molecule has 1 aromatic rings. The van der Waals surface area contributed by atoms with Crippen LogP contribution < -0.4 is 5.46 Å². The molecular weight excluding hydrogens is 167 g/mol. The Labute approximate surface area is 77.4 Å². The van der Waals surface area contributed by atoms with Gasteiger partial charge in [0.25, 0.3) is 0 Å². The summed E-state index contributed by atoms with van der Waals surface area (Å²) in [6, 6.07) is 5.36. The van der Waals surface area contributed by atoms with Crippen molar-refractivity contribution < 1.29 is 14.4 Å². The topological polar surface area (TPSA) is 38.7 Å². The first-order chi connectivity index (χ1) is 6.29. The van der Waals surface area contributed by atoms with Gasteiger partial charge in [0.1, 0.15) is 5.75 Å². The van der Waals surface area contributed by atoms with E-state index in [9.17, 15) is 5.11 Å². The Bertz CT molecular complexity index is 308. The van der Waals surface area contributed by atoms with Gasteiger partial charge >= 0.3 is 7.12 Å². The molecule has 1 saturated heterocycles. The molecular formula is C9H11BO3. The Hall–Kier alpha value is -0.995. The van der Waals surface area contributed by atoms with Crippen molar-refractivity contribution in [2.75, 3.05) is 13.2 Å². The molecule has 1 aliphatic heterocycles. The van der Waals surface area contributed by atoms with Crippen LogP contribution in [-0.4, -0.2) is 25.4 Å². The van der Waals surface area contributed by atoms with Crippen molar-refractivity contribution in [3.63, 3.8) is 0 Å². The Morgan fingerprint density at radius 1 is 1.31 bits per heavy atom. The van der Waals surface area contributed by atoms with Gasteiger partial charge in [0.2, 0.25) is 0 Å². The van der Waals surface area contributed by atoms with E-state index in [1.165, 1.54) is 0 Å². The fourth-order valence-corrected chi connectivity index (χ4v) is 1.43. The molecule has 1 aliphatic rings. The average Bonchev–Trinajstić information content (AvgIpc) is 2.62. The maximum Gasteiger partial charge on any atom is 0.494 e. The van der Waals surface area contributed by atoms with E-state index in [2.05, 4.69) is 0 Å². The number of benzene rings is 1. The molecule has 1 heterocycles. The van der Waals surface area contributed by atoms with E-state index >= 15 is 0 Å². The van der Waals surface area contributed by atoms with Crippen LogP contribution in [0.5, 0.6) is 5.75 Å². The molecule has 4 heteroatoms. The molecule has 0 atom stereocenters. The van der Waals surface area contributed by atoms with Gasteiger partial charge in [-0.15, -0.1) is 0 Å². The van der Waals surface area contributed by atoms with Crippen molar-refractivity contribution in [3.8, 4) is 5.75 Å². The van der Waals surface area contributed by atoms with Crippen LogP contribution in [0.25, 0.3) is 0 Å². The van der Waals surface area contributed by atoms with Gasteiger partial charge in [0, 0.05) is 0 Å². The summed E-state index contributed by atoms with van der Waals surface area (Å²) >= 11 is 0. The Morgan fingerprint density at radius 2 is 2.00 bits per heavy atom. The molecule has 0 aromatic heterocycles. The van der Waals surface area contributed by atoms with Gasteiger partial charge in [0.05, 0.1) is 13.2 Å². The van der Waals surface area contributed by atoms with Crippen molar-refractivity contribution in [2.45, 2.75) is 6.92 Å². The molecule has 0 amide bonds. The minimum Gasteiger partial charge on any atom is -0.508 e. The third-order valence-electron chi connectivity index (χ3n) is 2.22. The summed E-state index contributed by atoms with van der Waals surface area (Å²) in [5.74, 6) is 0.289. The van der Waals surface area contributed by atoms with Gasteiger partial charge in [-0.2, -0.15) is 0 Å². The molecule has 2 rings (SSSR count). The van der Waals surface area contributed by atoms with Gasteiger partial charge in [-0.25, -0.2) is 0 Å². The van der Waals surface area contributed by atoms with E-state index in [0.29, 0.717) is 13.2 Å². The Balaban J connectivity index is 2.33. The van der Waals surface area contributed by atoms with Crippen molar-refractivity contribution in [3.05, 3.63) is 23.8 Å². The number of aromatic hydroxyl groups is 1. The lowest BCUT2D eigenvalue weighted by atomic mass is 9.76. The maximum absolute atomic E-state index is 9.45. The lowest BCUT2D eigenvalue weighted by molar-refractivity contribution is 0.365. The van der Waals surface area contributed by atoms with E-state index in [4.69, 9.17) is 9.31 Å². The minimum atomic E-state index is -0.299. The first-order valence-corrected chi connectivity index (χ1v) is 4.31. The zero-order chi connectivity index (χ0) is 9.26. The SMILES string of the molecule is Cc1c(O)cccc1B1OCCO1. The number of hydrogen-bond acceptors (Lipinski definition) is 3. The summed E-state index contributed by atoms with van der Waals surface area (Å²) in [6.45, 7) is 3.11. The van der Waals surface area contributed by atoms with Crippen LogP contribution in [-0.2, 0) is 9.31 Å². The normalized spacial score (nSPS) is 16.5. The van der Waals surface area contributed by atoms with Gasteiger partial charge in [-0.05, 0) is 24.0 Å². The summed E-state index contributed by atoms with van der Waals surface area (Å²) < 4.78 is 10.7. The zero-order valence-electron chi connectivity index (χ0n) is 7.49. The van der Waals surface area contributed by atoms with E-state index in [1.807, 2.05) is 13.0 Å².